The van der Waals surface area contributed by atoms with Crippen molar-refractivity contribution in [3.63, 3.8) is 0 Å². The molecule has 0 atom stereocenters. The van der Waals surface area contributed by atoms with Gasteiger partial charge in [-0.1, -0.05) is 23.2 Å². The number of benzene rings is 1. The van der Waals surface area contributed by atoms with Crippen LogP contribution in [0.25, 0.3) is 0 Å². The van der Waals surface area contributed by atoms with Crippen LogP contribution in [0.4, 0.5) is 5.95 Å². The first-order valence-corrected chi connectivity index (χ1v) is 6.48. The van der Waals surface area contributed by atoms with E-state index in [1.54, 1.807) is 31.4 Å². The predicted octanol–water partition coefficient (Wildman–Crippen LogP) is 4.38. The molecule has 2 rings (SSSR count). The average molecular weight is 349 g/mol. The molecule has 0 spiro atoms. The number of nitrogens with zero attached hydrogens (tertiary/aromatic N) is 2. The number of anilines is 1. The Kier molecular flexibility index (Phi) is 4.27. The molecule has 0 bridgehead atoms. The summed E-state index contributed by atoms with van der Waals surface area (Å²) in [6, 6.07) is 4.97. The van der Waals surface area contributed by atoms with E-state index in [1.165, 1.54) is 0 Å². The second-order valence-electron chi connectivity index (χ2n) is 3.27. The van der Waals surface area contributed by atoms with Crippen LogP contribution in [0.3, 0.4) is 0 Å². The summed E-state index contributed by atoms with van der Waals surface area (Å²) in [6.45, 7) is 0. The van der Waals surface area contributed by atoms with E-state index in [0.717, 1.165) is 0 Å². The van der Waals surface area contributed by atoms with Gasteiger partial charge in [-0.25, -0.2) is 4.98 Å². The van der Waals surface area contributed by atoms with Crippen LogP contribution in [-0.2, 0) is 0 Å². The quantitative estimate of drug-likeness (QED) is 0.894. The van der Waals surface area contributed by atoms with Crippen molar-refractivity contribution in [2.45, 2.75) is 0 Å². The van der Waals surface area contributed by atoms with Crippen molar-refractivity contribution >= 4 is 45.1 Å². The molecule has 2 aromatic rings. The van der Waals surface area contributed by atoms with Crippen LogP contribution in [-0.4, -0.2) is 17.0 Å². The summed E-state index contributed by atoms with van der Waals surface area (Å²) in [5.74, 6) is 1.25. The lowest BCUT2D eigenvalue weighted by Crippen LogP contribution is -1.98. The molecule has 0 aliphatic heterocycles. The lowest BCUT2D eigenvalue weighted by atomic mass is 10.3. The first-order valence-electron chi connectivity index (χ1n) is 4.93. The van der Waals surface area contributed by atoms with Gasteiger partial charge in [0, 0.05) is 18.1 Å². The van der Waals surface area contributed by atoms with Crippen LogP contribution in [0.2, 0.25) is 10.0 Å². The first-order chi connectivity index (χ1) is 8.60. The van der Waals surface area contributed by atoms with Crippen molar-refractivity contribution in [2.24, 2.45) is 0 Å². The molecule has 0 unspecified atom stereocenters. The molecule has 1 heterocycles. The van der Waals surface area contributed by atoms with E-state index in [-0.39, 0.29) is 0 Å². The third-order valence-electron chi connectivity index (χ3n) is 2.04. The molecule has 1 N–H and O–H groups in total. The fourth-order valence-electron chi connectivity index (χ4n) is 1.20. The highest BCUT2D eigenvalue weighted by atomic mass is 79.9. The average Bonchev–Trinajstić information content (AvgIpc) is 2.36. The van der Waals surface area contributed by atoms with Crippen molar-refractivity contribution < 1.29 is 4.74 Å². The largest absolute Gasteiger partial charge is 0.436 e. The molecule has 0 saturated carbocycles. The molecule has 4 nitrogen and oxygen atoms in total. The van der Waals surface area contributed by atoms with Gasteiger partial charge in [-0.15, -0.1) is 0 Å². The molecule has 0 radical (unpaired) electrons. The van der Waals surface area contributed by atoms with Gasteiger partial charge in [-0.2, -0.15) is 4.98 Å². The van der Waals surface area contributed by atoms with Gasteiger partial charge in [0.25, 0.3) is 0 Å². The number of ether oxygens (including phenoxy) is 1. The van der Waals surface area contributed by atoms with Crippen LogP contribution >= 0.6 is 39.1 Å². The normalized spacial score (nSPS) is 10.2. The van der Waals surface area contributed by atoms with Crippen molar-refractivity contribution in [1.82, 2.24) is 9.97 Å². The maximum atomic E-state index is 6.01. The van der Waals surface area contributed by atoms with E-state index < -0.39 is 0 Å². The fraction of sp³-hybridized carbons (Fsp3) is 0.0909. The summed E-state index contributed by atoms with van der Waals surface area (Å²) < 4.78 is 6.23. The number of halogens is 3. The Bertz CT molecular complexity index is 580. The van der Waals surface area contributed by atoms with Gasteiger partial charge in [-0.05, 0) is 28.1 Å². The molecule has 1 aromatic heterocycles. The van der Waals surface area contributed by atoms with Gasteiger partial charge in [-0.3, -0.25) is 0 Å². The molecule has 7 heteroatoms. The smallest absolute Gasteiger partial charge is 0.238 e. The van der Waals surface area contributed by atoms with Gasteiger partial charge in [0.05, 0.1) is 15.7 Å². The van der Waals surface area contributed by atoms with Gasteiger partial charge in [0.2, 0.25) is 11.8 Å². The number of rotatable bonds is 3. The molecule has 0 aliphatic rings. The molecule has 94 valence electrons. The Balaban J connectivity index is 2.36. The van der Waals surface area contributed by atoms with Crippen LogP contribution in [0.15, 0.2) is 28.9 Å². The minimum Gasteiger partial charge on any atom is -0.436 e. The molecule has 0 aliphatic carbocycles. The highest BCUT2D eigenvalue weighted by Gasteiger charge is 2.10. The summed E-state index contributed by atoms with van der Waals surface area (Å²) in [5.41, 5.74) is 0. The molecule has 0 fully saturated rings. The van der Waals surface area contributed by atoms with Crippen molar-refractivity contribution in [3.8, 4) is 11.6 Å². The number of nitrogens with one attached hydrogen (secondary N) is 1. The highest BCUT2D eigenvalue weighted by molar-refractivity contribution is 9.10. The highest BCUT2D eigenvalue weighted by Crippen LogP contribution is 2.34. The van der Waals surface area contributed by atoms with E-state index >= 15 is 0 Å². The van der Waals surface area contributed by atoms with E-state index in [0.29, 0.717) is 32.1 Å². The zero-order valence-electron chi connectivity index (χ0n) is 9.25. The van der Waals surface area contributed by atoms with Gasteiger partial charge in [0.1, 0.15) is 5.75 Å². The maximum Gasteiger partial charge on any atom is 0.238 e. The standard InChI is InChI=1S/C11H8BrCl2N3O/c1-15-11-16-5-7(12)10(17-11)18-9-4-6(13)2-3-8(9)14/h2-5H,1H3,(H,15,16,17). The number of hydrogen-bond donors (Lipinski definition) is 1. The monoisotopic (exact) mass is 347 g/mol. The summed E-state index contributed by atoms with van der Waals surface area (Å²) in [5, 5.41) is 3.81. The SMILES string of the molecule is CNc1ncc(Br)c(Oc2cc(Cl)ccc2Cl)n1. The van der Waals surface area contributed by atoms with Crippen LogP contribution in [0, 0.1) is 0 Å². The summed E-state index contributed by atoms with van der Waals surface area (Å²) in [4.78, 5) is 8.19. The van der Waals surface area contributed by atoms with Gasteiger partial charge >= 0.3 is 0 Å². The zero-order valence-corrected chi connectivity index (χ0v) is 12.3. The lowest BCUT2D eigenvalue weighted by Gasteiger charge is -2.09. The minimum atomic E-state index is 0.360. The summed E-state index contributed by atoms with van der Waals surface area (Å²) in [6.07, 6.45) is 1.59. The second kappa shape index (κ2) is 5.73. The third kappa shape index (κ3) is 3.04. The van der Waals surface area contributed by atoms with Crippen LogP contribution < -0.4 is 10.1 Å². The fourth-order valence-corrected chi connectivity index (χ4v) is 1.79. The lowest BCUT2D eigenvalue weighted by molar-refractivity contribution is 0.459. The Hall–Kier alpha value is -1.04. The van der Waals surface area contributed by atoms with Gasteiger partial charge < -0.3 is 10.1 Å². The van der Waals surface area contributed by atoms with Crippen LogP contribution in [0.1, 0.15) is 0 Å². The predicted molar refractivity (Wildman–Crippen MR) is 75.8 cm³/mol. The van der Waals surface area contributed by atoms with E-state index in [4.69, 9.17) is 27.9 Å². The summed E-state index contributed by atoms with van der Waals surface area (Å²) >= 11 is 15.2. The molecule has 0 amide bonds. The second-order valence-corrected chi connectivity index (χ2v) is 4.97. The van der Waals surface area contributed by atoms with Gasteiger partial charge in [0.15, 0.2) is 0 Å². The number of aromatic nitrogens is 2. The molecular weight excluding hydrogens is 341 g/mol. The van der Waals surface area contributed by atoms with E-state index in [9.17, 15) is 0 Å². The van der Waals surface area contributed by atoms with Crippen molar-refractivity contribution in [1.29, 1.82) is 0 Å². The molecular formula is C11H8BrCl2N3O. The summed E-state index contributed by atoms with van der Waals surface area (Å²) in [7, 11) is 1.72. The topological polar surface area (TPSA) is 47.0 Å². The number of hydrogen-bond acceptors (Lipinski definition) is 4. The molecule has 18 heavy (non-hydrogen) atoms. The minimum absolute atomic E-state index is 0.360. The van der Waals surface area contributed by atoms with E-state index in [2.05, 4.69) is 31.2 Å². The zero-order chi connectivity index (χ0) is 13.1. The molecule has 1 aromatic carbocycles. The Labute approximate surface area is 122 Å². The Morgan fingerprint density at radius 1 is 1.33 bits per heavy atom. The van der Waals surface area contributed by atoms with E-state index in [1.807, 2.05) is 0 Å². The first kappa shape index (κ1) is 13.4. The van der Waals surface area contributed by atoms with Crippen molar-refractivity contribution in [3.05, 3.63) is 38.9 Å². The Morgan fingerprint density at radius 2 is 2.11 bits per heavy atom. The van der Waals surface area contributed by atoms with Crippen LogP contribution in [0.5, 0.6) is 11.6 Å². The van der Waals surface area contributed by atoms with Crippen molar-refractivity contribution in [2.75, 3.05) is 12.4 Å². The third-order valence-corrected chi connectivity index (χ3v) is 3.13. The molecule has 0 saturated heterocycles. The Morgan fingerprint density at radius 3 is 2.83 bits per heavy atom. The maximum absolute atomic E-state index is 6.01.